The average molecular weight is 279 g/mol. The maximum atomic E-state index is 12.2. The zero-order valence-corrected chi connectivity index (χ0v) is 11.4. The van der Waals surface area contributed by atoms with Gasteiger partial charge < -0.3 is 10.3 Å². The van der Waals surface area contributed by atoms with Crippen molar-refractivity contribution in [3.63, 3.8) is 0 Å². The minimum absolute atomic E-state index is 0.239. The highest BCUT2D eigenvalue weighted by molar-refractivity contribution is 6.08. The summed E-state index contributed by atoms with van der Waals surface area (Å²) in [5, 5.41) is 3.71. The van der Waals surface area contributed by atoms with Gasteiger partial charge in [-0.3, -0.25) is 14.6 Å². The first-order valence-corrected chi connectivity index (χ1v) is 6.50. The van der Waals surface area contributed by atoms with Gasteiger partial charge in [-0.25, -0.2) is 0 Å². The van der Waals surface area contributed by atoms with Gasteiger partial charge in [0.25, 0.3) is 5.91 Å². The second kappa shape index (κ2) is 5.20. The highest BCUT2D eigenvalue weighted by Gasteiger charge is 2.08. The van der Waals surface area contributed by atoms with E-state index in [4.69, 9.17) is 0 Å². The van der Waals surface area contributed by atoms with E-state index in [1.54, 1.807) is 0 Å². The molecule has 21 heavy (non-hydrogen) atoms. The van der Waals surface area contributed by atoms with E-state index in [9.17, 15) is 9.59 Å². The zero-order chi connectivity index (χ0) is 14.8. The molecule has 3 aromatic rings. The Morgan fingerprint density at radius 3 is 2.76 bits per heavy atom. The van der Waals surface area contributed by atoms with Crippen LogP contribution in [-0.2, 0) is 0 Å². The molecule has 0 atom stereocenters. The largest absolute Gasteiger partial charge is 0.328 e. The molecule has 2 heterocycles. The number of nitrogens with zero attached hydrogens (tertiary/aromatic N) is 1. The van der Waals surface area contributed by atoms with Gasteiger partial charge in [0.1, 0.15) is 0 Å². The van der Waals surface area contributed by atoms with Crippen molar-refractivity contribution in [2.24, 2.45) is 0 Å². The lowest BCUT2D eigenvalue weighted by molar-refractivity contribution is 0.102. The van der Waals surface area contributed by atoms with E-state index >= 15 is 0 Å². The molecule has 2 N–H and O–H groups in total. The van der Waals surface area contributed by atoms with Crippen LogP contribution in [0.4, 0.5) is 5.69 Å². The number of hydrogen-bond acceptors (Lipinski definition) is 3. The molecule has 5 heteroatoms. The highest BCUT2D eigenvalue weighted by atomic mass is 16.1. The summed E-state index contributed by atoms with van der Waals surface area (Å²) in [6.45, 7) is 1.92. The van der Waals surface area contributed by atoms with Crippen LogP contribution in [0.3, 0.4) is 0 Å². The molecular formula is C16H13N3O2. The van der Waals surface area contributed by atoms with Crippen LogP contribution < -0.4 is 10.9 Å². The molecule has 0 aliphatic rings. The molecule has 3 rings (SSSR count). The van der Waals surface area contributed by atoms with E-state index in [0.29, 0.717) is 11.3 Å². The lowest BCUT2D eigenvalue weighted by atomic mass is 10.1. The number of aryl methyl sites for hydroxylation is 1. The molecule has 0 aliphatic heterocycles. The topological polar surface area (TPSA) is 74.8 Å². The fourth-order valence-electron chi connectivity index (χ4n) is 2.11. The average Bonchev–Trinajstić information content (AvgIpc) is 2.47. The van der Waals surface area contributed by atoms with Gasteiger partial charge >= 0.3 is 0 Å². The van der Waals surface area contributed by atoms with Crippen molar-refractivity contribution in [1.82, 2.24) is 9.97 Å². The summed E-state index contributed by atoms with van der Waals surface area (Å²) >= 11 is 0. The van der Waals surface area contributed by atoms with Crippen LogP contribution in [0.15, 0.2) is 53.5 Å². The number of benzene rings is 1. The molecule has 0 bridgehead atoms. The standard InChI is InChI=1S/C16H13N3O2/c1-10-5-7-12-13(18-10)3-2-4-14(12)19-16(21)11-6-8-15(20)17-9-11/h2-9H,1H3,(H,17,20)(H,19,21). The third-order valence-corrected chi connectivity index (χ3v) is 3.17. The van der Waals surface area contributed by atoms with E-state index in [-0.39, 0.29) is 11.5 Å². The van der Waals surface area contributed by atoms with Gasteiger partial charge in [0.2, 0.25) is 5.56 Å². The first kappa shape index (κ1) is 13.1. The summed E-state index contributed by atoms with van der Waals surface area (Å²) < 4.78 is 0. The zero-order valence-electron chi connectivity index (χ0n) is 11.4. The number of rotatable bonds is 2. The van der Waals surface area contributed by atoms with Crippen LogP contribution in [0.1, 0.15) is 16.1 Å². The fourth-order valence-corrected chi connectivity index (χ4v) is 2.11. The molecule has 0 radical (unpaired) electrons. The SMILES string of the molecule is Cc1ccc2c(NC(=O)c3ccc(=O)[nH]c3)cccc2n1. The van der Waals surface area contributed by atoms with Crippen molar-refractivity contribution in [3.05, 3.63) is 70.3 Å². The van der Waals surface area contributed by atoms with Crippen molar-refractivity contribution in [1.29, 1.82) is 0 Å². The van der Waals surface area contributed by atoms with Crippen LogP contribution in [0, 0.1) is 6.92 Å². The van der Waals surface area contributed by atoms with Gasteiger partial charge in [-0.2, -0.15) is 0 Å². The lowest BCUT2D eigenvalue weighted by Crippen LogP contribution is -2.14. The number of pyridine rings is 2. The summed E-state index contributed by atoms with van der Waals surface area (Å²) in [5.41, 5.74) is 2.60. The molecule has 1 aromatic carbocycles. The molecule has 1 amide bonds. The third kappa shape index (κ3) is 2.67. The van der Waals surface area contributed by atoms with E-state index in [0.717, 1.165) is 16.6 Å². The second-order valence-corrected chi connectivity index (χ2v) is 4.72. The van der Waals surface area contributed by atoms with Crippen LogP contribution in [-0.4, -0.2) is 15.9 Å². The summed E-state index contributed by atoms with van der Waals surface area (Å²) in [5.74, 6) is -0.278. The van der Waals surface area contributed by atoms with Crippen molar-refractivity contribution in [2.45, 2.75) is 6.92 Å². The van der Waals surface area contributed by atoms with Crippen molar-refractivity contribution >= 4 is 22.5 Å². The van der Waals surface area contributed by atoms with Crippen LogP contribution in [0.5, 0.6) is 0 Å². The van der Waals surface area contributed by atoms with Crippen LogP contribution in [0.25, 0.3) is 10.9 Å². The molecule has 2 aromatic heterocycles. The predicted octanol–water partition coefficient (Wildman–Crippen LogP) is 2.48. The lowest BCUT2D eigenvalue weighted by Gasteiger charge is -2.08. The van der Waals surface area contributed by atoms with Gasteiger partial charge in [-0.05, 0) is 37.3 Å². The molecule has 104 valence electrons. The third-order valence-electron chi connectivity index (χ3n) is 3.17. The van der Waals surface area contributed by atoms with E-state index in [2.05, 4.69) is 15.3 Å². The highest BCUT2D eigenvalue weighted by Crippen LogP contribution is 2.22. The number of hydrogen-bond donors (Lipinski definition) is 2. The van der Waals surface area contributed by atoms with Crippen molar-refractivity contribution in [3.8, 4) is 0 Å². The van der Waals surface area contributed by atoms with Gasteiger partial charge in [-0.1, -0.05) is 6.07 Å². The summed E-state index contributed by atoms with van der Waals surface area (Å²) in [6.07, 6.45) is 1.39. The van der Waals surface area contributed by atoms with E-state index in [1.165, 1.54) is 18.3 Å². The minimum atomic E-state index is -0.278. The fraction of sp³-hybridized carbons (Fsp3) is 0.0625. The number of nitrogens with one attached hydrogen (secondary N) is 2. The minimum Gasteiger partial charge on any atom is -0.328 e. The Balaban J connectivity index is 1.96. The summed E-state index contributed by atoms with van der Waals surface area (Å²) in [6, 6.07) is 12.2. The molecule has 0 aliphatic carbocycles. The maximum absolute atomic E-state index is 12.2. The molecule has 5 nitrogen and oxygen atoms in total. The Hall–Kier alpha value is -2.95. The first-order valence-electron chi connectivity index (χ1n) is 6.50. The second-order valence-electron chi connectivity index (χ2n) is 4.72. The normalized spacial score (nSPS) is 10.5. The number of carbonyl (C=O) groups excluding carboxylic acids is 1. The molecule has 0 saturated heterocycles. The summed E-state index contributed by atoms with van der Waals surface area (Å²) in [4.78, 5) is 30.1. The molecule has 0 spiro atoms. The molecular weight excluding hydrogens is 266 g/mol. The van der Waals surface area contributed by atoms with Crippen molar-refractivity contribution in [2.75, 3.05) is 5.32 Å². The Labute approximate surface area is 120 Å². The number of anilines is 1. The van der Waals surface area contributed by atoms with Gasteiger partial charge in [0.05, 0.1) is 16.8 Å². The smallest absolute Gasteiger partial charge is 0.257 e. The first-order chi connectivity index (χ1) is 10.1. The van der Waals surface area contributed by atoms with Gasteiger partial charge in [0, 0.05) is 23.3 Å². The molecule has 0 unspecified atom stereocenters. The number of aromatic nitrogens is 2. The number of fused-ring (bicyclic) bond motifs is 1. The van der Waals surface area contributed by atoms with Gasteiger partial charge in [-0.15, -0.1) is 0 Å². The molecule has 0 fully saturated rings. The predicted molar refractivity (Wildman–Crippen MR) is 81.5 cm³/mol. The Morgan fingerprint density at radius 1 is 1.14 bits per heavy atom. The van der Waals surface area contributed by atoms with E-state index < -0.39 is 0 Å². The summed E-state index contributed by atoms with van der Waals surface area (Å²) in [7, 11) is 0. The number of aromatic amines is 1. The Bertz CT molecular complexity index is 864. The monoisotopic (exact) mass is 279 g/mol. The molecule has 0 saturated carbocycles. The number of H-pyrrole nitrogens is 1. The van der Waals surface area contributed by atoms with Crippen LogP contribution >= 0.6 is 0 Å². The number of amides is 1. The Kier molecular flexibility index (Phi) is 3.23. The van der Waals surface area contributed by atoms with E-state index in [1.807, 2.05) is 37.3 Å². The quantitative estimate of drug-likeness (QED) is 0.756. The van der Waals surface area contributed by atoms with Gasteiger partial charge in [0.15, 0.2) is 0 Å². The number of carbonyl (C=O) groups is 1. The van der Waals surface area contributed by atoms with Crippen molar-refractivity contribution < 1.29 is 4.79 Å². The maximum Gasteiger partial charge on any atom is 0.257 e. The Morgan fingerprint density at radius 2 is 2.00 bits per heavy atom. The van der Waals surface area contributed by atoms with Crippen LogP contribution in [0.2, 0.25) is 0 Å².